The van der Waals surface area contributed by atoms with Crippen LogP contribution >= 0.6 is 0 Å². The lowest BCUT2D eigenvalue weighted by molar-refractivity contribution is -0.384. The van der Waals surface area contributed by atoms with Crippen LogP contribution in [0.5, 0.6) is 0 Å². The molecule has 1 aromatic carbocycles. The van der Waals surface area contributed by atoms with Crippen LogP contribution in [0.4, 0.5) is 20.2 Å². The maximum atomic E-state index is 13.5. The molecule has 1 aliphatic heterocycles. The van der Waals surface area contributed by atoms with Crippen LogP contribution in [-0.2, 0) is 4.79 Å². The summed E-state index contributed by atoms with van der Waals surface area (Å²) in [6.45, 7) is 0.659. The number of nitro groups is 1. The number of hydrogen-bond acceptors (Lipinski definition) is 4. The molecule has 0 spiro atoms. The number of nitrogens with one attached hydrogen (secondary N) is 2. The molecule has 0 radical (unpaired) electrons. The largest absolute Gasteiger partial charge is 0.317 e. The summed E-state index contributed by atoms with van der Waals surface area (Å²) in [5.74, 6) is -2.80. The van der Waals surface area contributed by atoms with Gasteiger partial charge in [0.1, 0.15) is 5.82 Å². The molecule has 2 rings (SSSR count). The van der Waals surface area contributed by atoms with Crippen molar-refractivity contribution in [2.75, 3.05) is 11.9 Å². The number of nitro benzene ring substituents is 1. The molecule has 0 aliphatic carbocycles. The Balaban J connectivity index is 2.28. The molecule has 8 heteroatoms. The van der Waals surface area contributed by atoms with E-state index in [4.69, 9.17) is 0 Å². The minimum Gasteiger partial charge on any atom is -0.317 e. The first-order valence-corrected chi connectivity index (χ1v) is 5.66. The molecule has 0 saturated carbocycles. The van der Waals surface area contributed by atoms with E-state index in [2.05, 4.69) is 10.6 Å². The van der Waals surface area contributed by atoms with E-state index in [1.807, 2.05) is 0 Å². The molecule has 2 N–H and O–H groups in total. The van der Waals surface area contributed by atoms with Crippen molar-refractivity contribution < 1.29 is 18.5 Å². The Morgan fingerprint density at radius 1 is 1.47 bits per heavy atom. The zero-order valence-corrected chi connectivity index (χ0v) is 9.78. The lowest BCUT2D eigenvalue weighted by atomic mass is 10.2. The quantitative estimate of drug-likeness (QED) is 0.645. The van der Waals surface area contributed by atoms with E-state index in [1.54, 1.807) is 0 Å². The molecule has 1 aliphatic rings. The molecule has 0 unspecified atom stereocenters. The van der Waals surface area contributed by atoms with Crippen molar-refractivity contribution in [3.63, 3.8) is 0 Å². The highest BCUT2D eigenvalue weighted by atomic mass is 19.1. The SMILES string of the molecule is O=C(Nc1c(F)cc(F)cc1[N+](=O)[O-])[C@H]1CCCN1. The summed E-state index contributed by atoms with van der Waals surface area (Å²) in [4.78, 5) is 21.6. The van der Waals surface area contributed by atoms with Crippen molar-refractivity contribution in [3.8, 4) is 0 Å². The van der Waals surface area contributed by atoms with Crippen LogP contribution in [0, 0.1) is 21.7 Å². The molecule has 0 bridgehead atoms. The summed E-state index contributed by atoms with van der Waals surface area (Å²) in [5, 5.41) is 15.8. The third kappa shape index (κ3) is 2.84. The van der Waals surface area contributed by atoms with Crippen LogP contribution in [0.2, 0.25) is 0 Å². The Morgan fingerprint density at radius 2 is 2.21 bits per heavy atom. The first kappa shape index (κ1) is 13.3. The van der Waals surface area contributed by atoms with Gasteiger partial charge in [0.15, 0.2) is 11.5 Å². The predicted molar refractivity (Wildman–Crippen MR) is 62.7 cm³/mol. The van der Waals surface area contributed by atoms with Gasteiger partial charge in [-0.25, -0.2) is 8.78 Å². The van der Waals surface area contributed by atoms with Crippen LogP contribution in [0.15, 0.2) is 12.1 Å². The Kier molecular flexibility index (Phi) is 3.70. The summed E-state index contributed by atoms with van der Waals surface area (Å²) >= 11 is 0. The zero-order chi connectivity index (χ0) is 14.0. The molecular formula is C11H11F2N3O3. The third-order valence-corrected chi connectivity index (χ3v) is 2.86. The van der Waals surface area contributed by atoms with Crippen LogP contribution in [0.1, 0.15) is 12.8 Å². The molecule has 19 heavy (non-hydrogen) atoms. The van der Waals surface area contributed by atoms with E-state index < -0.39 is 39.9 Å². The van der Waals surface area contributed by atoms with Gasteiger partial charge in [0.25, 0.3) is 5.69 Å². The number of nitrogens with zero attached hydrogens (tertiary/aromatic N) is 1. The van der Waals surface area contributed by atoms with Crippen LogP contribution < -0.4 is 10.6 Å². The Morgan fingerprint density at radius 3 is 2.79 bits per heavy atom. The Hall–Kier alpha value is -2.09. The Bertz CT molecular complexity index is 530. The maximum absolute atomic E-state index is 13.5. The summed E-state index contributed by atoms with van der Waals surface area (Å²) in [7, 11) is 0. The van der Waals surface area contributed by atoms with Crippen LogP contribution in [0.3, 0.4) is 0 Å². The third-order valence-electron chi connectivity index (χ3n) is 2.86. The van der Waals surface area contributed by atoms with E-state index in [0.29, 0.717) is 25.1 Å². The summed E-state index contributed by atoms with van der Waals surface area (Å²) in [5.41, 5.74) is -1.41. The van der Waals surface area contributed by atoms with Gasteiger partial charge >= 0.3 is 0 Å². The van der Waals surface area contributed by atoms with Gasteiger partial charge in [-0.15, -0.1) is 0 Å². The maximum Gasteiger partial charge on any atom is 0.298 e. The van der Waals surface area contributed by atoms with Gasteiger partial charge in [0.05, 0.1) is 17.0 Å². The minimum absolute atomic E-state index is 0.491. The molecule has 1 amide bonds. The van der Waals surface area contributed by atoms with Gasteiger partial charge in [-0.1, -0.05) is 0 Å². The van der Waals surface area contributed by atoms with Crippen molar-refractivity contribution in [1.29, 1.82) is 0 Å². The number of amides is 1. The molecule has 6 nitrogen and oxygen atoms in total. The lowest BCUT2D eigenvalue weighted by Gasteiger charge is -2.11. The fourth-order valence-corrected chi connectivity index (χ4v) is 1.95. The molecule has 102 valence electrons. The molecule has 1 saturated heterocycles. The van der Waals surface area contributed by atoms with Crippen LogP contribution in [-0.4, -0.2) is 23.4 Å². The number of anilines is 1. The van der Waals surface area contributed by atoms with Gasteiger partial charge in [-0.2, -0.15) is 0 Å². The van der Waals surface area contributed by atoms with Crippen LogP contribution in [0.25, 0.3) is 0 Å². The second kappa shape index (κ2) is 5.27. The second-order valence-electron chi connectivity index (χ2n) is 4.18. The first-order chi connectivity index (χ1) is 8.99. The molecule has 1 aromatic rings. The normalized spacial score (nSPS) is 18.3. The van der Waals surface area contributed by atoms with Gasteiger partial charge in [0.2, 0.25) is 5.91 Å². The van der Waals surface area contributed by atoms with E-state index in [-0.39, 0.29) is 0 Å². The number of carbonyl (C=O) groups is 1. The molecule has 0 aromatic heterocycles. The van der Waals surface area contributed by atoms with E-state index in [9.17, 15) is 23.7 Å². The highest BCUT2D eigenvalue weighted by Crippen LogP contribution is 2.29. The van der Waals surface area contributed by atoms with Gasteiger partial charge < -0.3 is 10.6 Å². The molecular weight excluding hydrogens is 260 g/mol. The minimum atomic E-state index is -1.17. The van der Waals surface area contributed by atoms with Crippen molar-refractivity contribution >= 4 is 17.3 Å². The highest BCUT2D eigenvalue weighted by Gasteiger charge is 2.27. The van der Waals surface area contributed by atoms with Gasteiger partial charge in [-0.05, 0) is 19.4 Å². The van der Waals surface area contributed by atoms with E-state index >= 15 is 0 Å². The first-order valence-electron chi connectivity index (χ1n) is 5.66. The summed E-state index contributed by atoms with van der Waals surface area (Å²) in [6, 6.07) is 0.551. The Labute approximate surface area is 106 Å². The zero-order valence-electron chi connectivity index (χ0n) is 9.78. The van der Waals surface area contributed by atoms with Crippen molar-refractivity contribution in [2.45, 2.75) is 18.9 Å². The van der Waals surface area contributed by atoms with Gasteiger partial charge in [-0.3, -0.25) is 14.9 Å². The number of hydrogen-bond donors (Lipinski definition) is 2. The van der Waals surface area contributed by atoms with Crippen molar-refractivity contribution in [1.82, 2.24) is 5.32 Å². The topological polar surface area (TPSA) is 84.3 Å². The fraction of sp³-hybridized carbons (Fsp3) is 0.364. The highest BCUT2D eigenvalue weighted by molar-refractivity contribution is 5.97. The second-order valence-corrected chi connectivity index (χ2v) is 4.18. The number of benzene rings is 1. The standard InChI is InChI=1S/C11H11F2N3O3/c12-6-4-7(13)10(9(5-6)16(18)19)15-11(17)8-2-1-3-14-8/h4-5,8,14H,1-3H2,(H,15,17)/t8-/m1/s1. The predicted octanol–water partition coefficient (Wildman–Crippen LogP) is 1.56. The molecule has 1 atom stereocenters. The summed E-state index contributed by atoms with van der Waals surface area (Å²) in [6.07, 6.45) is 1.37. The lowest BCUT2D eigenvalue weighted by Crippen LogP contribution is -2.35. The number of carbonyl (C=O) groups excluding carboxylic acids is 1. The number of rotatable bonds is 3. The van der Waals surface area contributed by atoms with E-state index in [0.717, 1.165) is 6.42 Å². The average molecular weight is 271 g/mol. The van der Waals surface area contributed by atoms with Crippen molar-refractivity contribution in [2.24, 2.45) is 0 Å². The smallest absolute Gasteiger partial charge is 0.298 e. The fourth-order valence-electron chi connectivity index (χ4n) is 1.95. The van der Waals surface area contributed by atoms with Crippen molar-refractivity contribution in [3.05, 3.63) is 33.9 Å². The summed E-state index contributed by atoms with van der Waals surface area (Å²) < 4.78 is 26.5. The molecule has 1 heterocycles. The molecule has 1 fully saturated rings. The van der Waals surface area contributed by atoms with E-state index in [1.165, 1.54) is 0 Å². The number of halogens is 2. The monoisotopic (exact) mass is 271 g/mol. The van der Waals surface area contributed by atoms with Gasteiger partial charge in [0, 0.05) is 6.07 Å². The average Bonchev–Trinajstić information content (AvgIpc) is 2.85.